The molecule has 2 aromatic rings. The van der Waals surface area contributed by atoms with Gasteiger partial charge in [0.1, 0.15) is 0 Å². The molecule has 0 N–H and O–H groups in total. The Hall–Kier alpha value is -1.66. The van der Waals surface area contributed by atoms with E-state index in [1.807, 2.05) is 0 Å². The van der Waals surface area contributed by atoms with Gasteiger partial charge in [-0.1, -0.05) is 36.4 Å². The van der Waals surface area contributed by atoms with E-state index in [-0.39, 0.29) is 5.75 Å². The SMILES string of the molecule is O=S(=O)(OF)Oc1cccc2ccccc12. The van der Waals surface area contributed by atoms with Gasteiger partial charge in [-0.05, 0) is 20.4 Å². The van der Waals surface area contributed by atoms with Crippen LogP contribution in [0.1, 0.15) is 0 Å². The van der Waals surface area contributed by atoms with Crippen LogP contribution in [0.2, 0.25) is 0 Å². The molecule has 0 atom stereocenters. The van der Waals surface area contributed by atoms with Crippen LogP contribution in [0.3, 0.4) is 0 Å². The standard InChI is InChI=1S/C10H7FO4S/c11-15-16(12,13)14-10-7-3-5-8-4-1-2-6-9(8)10/h1-7H. The Morgan fingerprint density at radius 3 is 2.44 bits per heavy atom. The van der Waals surface area contributed by atoms with Crippen molar-refractivity contribution in [1.82, 2.24) is 0 Å². The summed E-state index contributed by atoms with van der Waals surface area (Å²) in [5, 5.41) is 1.35. The third kappa shape index (κ3) is 2.12. The molecule has 0 aliphatic rings. The van der Waals surface area contributed by atoms with Crippen molar-refractivity contribution in [3.63, 3.8) is 0 Å². The Bertz CT molecular complexity index is 604. The molecule has 0 saturated heterocycles. The topological polar surface area (TPSA) is 52.6 Å². The molecule has 2 aromatic carbocycles. The van der Waals surface area contributed by atoms with Gasteiger partial charge >= 0.3 is 10.4 Å². The highest BCUT2D eigenvalue weighted by Gasteiger charge is 2.15. The highest BCUT2D eigenvalue weighted by molar-refractivity contribution is 7.82. The average Bonchev–Trinajstić information content (AvgIpc) is 2.29. The molecule has 0 saturated carbocycles. The van der Waals surface area contributed by atoms with Crippen LogP contribution in [0, 0.1) is 0 Å². The highest BCUT2D eigenvalue weighted by atomic mass is 32.3. The van der Waals surface area contributed by atoms with E-state index in [0.717, 1.165) is 5.39 Å². The number of halogens is 1. The maximum atomic E-state index is 11.6. The molecule has 0 aliphatic heterocycles. The van der Waals surface area contributed by atoms with Crippen LogP contribution in [0.15, 0.2) is 42.5 Å². The predicted molar refractivity (Wildman–Crippen MR) is 55.7 cm³/mol. The van der Waals surface area contributed by atoms with Gasteiger partial charge in [-0.25, -0.2) is 0 Å². The lowest BCUT2D eigenvalue weighted by atomic mass is 10.1. The molecule has 2 rings (SSSR count). The molecule has 0 heterocycles. The fourth-order valence-corrected chi connectivity index (χ4v) is 1.78. The number of hydrogen-bond acceptors (Lipinski definition) is 4. The third-order valence-corrected chi connectivity index (χ3v) is 2.56. The summed E-state index contributed by atoms with van der Waals surface area (Å²) in [4.78, 5) is 0. The molecule has 0 aromatic heterocycles. The van der Waals surface area contributed by atoms with Crippen molar-refractivity contribution in [3.05, 3.63) is 42.5 Å². The molecule has 4 nitrogen and oxygen atoms in total. The minimum absolute atomic E-state index is 0.0238. The molecule has 0 unspecified atom stereocenters. The largest absolute Gasteiger partial charge is 0.480 e. The summed E-state index contributed by atoms with van der Waals surface area (Å²) in [5.74, 6) is 0.0238. The average molecular weight is 242 g/mol. The molecule has 0 amide bonds. The molecular weight excluding hydrogens is 235 g/mol. The molecule has 16 heavy (non-hydrogen) atoms. The number of hydrogen-bond donors (Lipinski definition) is 0. The summed E-state index contributed by atoms with van der Waals surface area (Å²) in [7, 11) is -4.63. The Morgan fingerprint density at radius 2 is 1.69 bits per heavy atom. The van der Waals surface area contributed by atoms with Crippen molar-refractivity contribution >= 4 is 21.2 Å². The molecule has 6 heteroatoms. The lowest BCUT2D eigenvalue weighted by molar-refractivity contribution is -0.00937. The summed E-state index contributed by atoms with van der Waals surface area (Å²) in [6.45, 7) is 0. The van der Waals surface area contributed by atoms with Crippen molar-refractivity contribution in [2.24, 2.45) is 0 Å². The predicted octanol–water partition coefficient (Wildman–Crippen LogP) is 2.36. The van der Waals surface area contributed by atoms with E-state index in [1.54, 1.807) is 36.4 Å². The fraction of sp³-hybridized carbons (Fsp3) is 0. The van der Waals surface area contributed by atoms with Crippen LogP contribution in [0.25, 0.3) is 10.8 Å². The van der Waals surface area contributed by atoms with Crippen LogP contribution >= 0.6 is 0 Å². The van der Waals surface area contributed by atoms with Crippen molar-refractivity contribution in [3.8, 4) is 5.75 Å². The van der Waals surface area contributed by atoms with E-state index in [2.05, 4.69) is 8.57 Å². The Morgan fingerprint density at radius 1 is 1.00 bits per heavy atom. The van der Waals surface area contributed by atoms with Gasteiger partial charge in [-0.3, -0.25) is 0 Å². The minimum atomic E-state index is -4.63. The quantitative estimate of drug-likeness (QED) is 0.829. The van der Waals surface area contributed by atoms with Gasteiger partial charge in [0.2, 0.25) is 0 Å². The monoisotopic (exact) mass is 242 g/mol. The number of benzene rings is 2. The Balaban J connectivity index is 2.53. The first-order valence-electron chi connectivity index (χ1n) is 4.35. The van der Waals surface area contributed by atoms with Crippen LogP contribution in [0.4, 0.5) is 4.53 Å². The third-order valence-electron chi connectivity index (χ3n) is 2.02. The van der Waals surface area contributed by atoms with Crippen LogP contribution < -0.4 is 4.18 Å². The maximum absolute atomic E-state index is 11.6. The summed E-state index contributed by atoms with van der Waals surface area (Å²) in [6, 6.07) is 11.8. The van der Waals surface area contributed by atoms with E-state index >= 15 is 0 Å². The van der Waals surface area contributed by atoms with E-state index in [1.165, 1.54) is 6.07 Å². The molecule has 84 valence electrons. The maximum Gasteiger partial charge on any atom is 0.480 e. The van der Waals surface area contributed by atoms with Crippen molar-refractivity contribution in [2.75, 3.05) is 0 Å². The summed E-state index contributed by atoms with van der Waals surface area (Å²) in [5.41, 5.74) is 0. The Kier molecular flexibility index (Phi) is 2.76. The van der Waals surface area contributed by atoms with Gasteiger partial charge in [0.15, 0.2) is 5.75 Å². The molecule has 0 aliphatic carbocycles. The number of fused-ring (bicyclic) bond motifs is 1. The molecule has 0 fully saturated rings. The first-order valence-corrected chi connectivity index (χ1v) is 5.68. The first kappa shape index (κ1) is 10.8. The van der Waals surface area contributed by atoms with Crippen molar-refractivity contribution < 1.29 is 21.5 Å². The zero-order valence-electron chi connectivity index (χ0n) is 7.96. The van der Waals surface area contributed by atoms with Crippen molar-refractivity contribution in [1.29, 1.82) is 0 Å². The molecule has 0 radical (unpaired) electrons. The van der Waals surface area contributed by atoms with Gasteiger partial charge in [-0.2, -0.15) is 8.42 Å². The van der Waals surface area contributed by atoms with E-state index in [4.69, 9.17) is 0 Å². The van der Waals surface area contributed by atoms with Gasteiger partial charge < -0.3 is 4.18 Å². The lowest BCUT2D eigenvalue weighted by Gasteiger charge is -2.05. The van der Waals surface area contributed by atoms with E-state index in [9.17, 15) is 12.9 Å². The lowest BCUT2D eigenvalue weighted by Crippen LogP contribution is -2.08. The minimum Gasteiger partial charge on any atom is -0.359 e. The molecule has 0 bridgehead atoms. The highest BCUT2D eigenvalue weighted by Crippen LogP contribution is 2.26. The summed E-state index contributed by atoms with van der Waals surface area (Å²) >= 11 is 0. The smallest absolute Gasteiger partial charge is 0.359 e. The molecular formula is C10H7FO4S. The van der Waals surface area contributed by atoms with Crippen molar-refractivity contribution in [2.45, 2.75) is 0 Å². The van der Waals surface area contributed by atoms with E-state index < -0.39 is 10.4 Å². The normalized spacial score (nSPS) is 11.6. The van der Waals surface area contributed by atoms with E-state index in [0.29, 0.717) is 5.39 Å². The zero-order valence-corrected chi connectivity index (χ0v) is 8.78. The Labute approximate surface area is 91.4 Å². The summed E-state index contributed by atoms with van der Waals surface area (Å²) in [6.07, 6.45) is 0. The zero-order chi connectivity index (χ0) is 11.6. The second-order valence-corrected chi connectivity index (χ2v) is 4.14. The van der Waals surface area contributed by atoms with Crippen LogP contribution in [-0.4, -0.2) is 8.42 Å². The van der Waals surface area contributed by atoms with Gasteiger partial charge in [-0.15, -0.1) is 0 Å². The van der Waals surface area contributed by atoms with Gasteiger partial charge in [0.05, 0.1) is 0 Å². The summed E-state index contributed by atoms with van der Waals surface area (Å²) < 4.78 is 40.4. The van der Waals surface area contributed by atoms with Crippen LogP contribution in [-0.2, 0) is 14.8 Å². The van der Waals surface area contributed by atoms with Gasteiger partial charge in [0, 0.05) is 5.39 Å². The van der Waals surface area contributed by atoms with Gasteiger partial charge in [0.25, 0.3) is 0 Å². The number of rotatable bonds is 3. The molecule has 0 spiro atoms. The first-order chi connectivity index (χ1) is 7.62. The fourth-order valence-electron chi connectivity index (χ4n) is 1.39. The second-order valence-electron chi connectivity index (χ2n) is 3.03. The second kappa shape index (κ2) is 4.07. The van der Waals surface area contributed by atoms with Crippen LogP contribution in [0.5, 0.6) is 5.75 Å².